The maximum absolute atomic E-state index is 13.2. The van der Waals surface area contributed by atoms with E-state index in [1.807, 2.05) is 73.8 Å². The fourth-order valence-corrected chi connectivity index (χ4v) is 5.59. The van der Waals surface area contributed by atoms with Crippen LogP contribution in [-0.4, -0.2) is 26.5 Å². The minimum absolute atomic E-state index is 0.0915. The predicted octanol–water partition coefficient (Wildman–Crippen LogP) is 7.44. The van der Waals surface area contributed by atoms with Crippen molar-refractivity contribution in [2.45, 2.75) is 52.1 Å². The quantitative estimate of drug-likeness (QED) is 0.213. The van der Waals surface area contributed by atoms with Crippen LogP contribution in [-0.2, 0) is 6.54 Å². The fraction of sp³-hybridized carbons (Fsp3) is 0.229. The molecular formula is C35H33N3O3. The average molecular weight is 544 g/mol. The summed E-state index contributed by atoms with van der Waals surface area (Å²) in [7, 11) is 0. The molecule has 3 aromatic carbocycles. The summed E-state index contributed by atoms with van der Waals surface area (Å²) < 4.78 is 2.27. The van der Waals surface area contributed by atoms with Gasteiger partial charge in [0.25, 0.3) is 5.91 Å². The van der Waals surface area contributed by atoms with Gasteiger partial charge in [0.15, 0.2) is 0 Å². The van der Waals surface area contributed by atoms with Crippen molar-refractivity contribution < 1.29 is 14.7 Å². The number of aryl methyl sites for hydroxylation is 1. The summed E-state index contributed by atoms with van der Waals surface area (Å²) in [6.07, 6.45) is 4.24. The molecule has 41 heavy (non-hydrogen) atoms. The zero-order valence-corrected chi connectivity index (χ0v) is 23.5. The number of rotatable bonds is 8. The summed E-state index contributed by atoms with van der Waals surface area (Å²) in [5, 5.41) is 13.8. The van der Waals surface area contributed by atoms with Gasteiger partial charge in [-0.3, -0.25) is 9.78 Å². The van der Waals surface area contributed by atoms with Crippen molar-refractivity contribution in [1.29, 1.82) is 0 Å². The van der Waals surface area contributed by atoms with Crippen molar-refractivity contribution in [3.05, 3.63) is 124 Å². The lowest BCUT2D eigenvalue weighted by atomic mass is 9.99. The zero-order chi connectivity index (χ0) is 28.7. The number of carbonyl (C=O) groups is 2. The number of hydrogen-bond donors (Lipinski definition) is 2. The van der Waals surface area contributed by atoms with Crippen LogP contribution in [0.15, 0.2) is 85.1 Å². The van der Waals surface area contributed by atoms with Crippen molar-refractivity contribution in [3.8, 4) is 11.1 Å². The Bertz CT molecular complexity index is 1780. The van der Waals surface area contributed by atoms with Gasteiger partial charge in [0.05, 0.1) is 11.6 Å². The number of fused-ring (bicyclic) bond motifs is 1. The highest BCUT2D eigenvalue weighted by atomic mass is 16.4. The Labute approximate surface area is 239 Å². The molecule has 2 aromatic heterocycles. The number of benzene rings is 3. The molecule has 1 fully saturated rings. The second kappa shape index (κ2) is 10.7. The Kier molecular flexibility index (Phi) is 6.91. The lowest BCUT2D eigenvalue weighted by Crippen LogP contribution is -2.26. The predicted molar refractivity (Wildman–Crippen MR) is 161 cm³/mol. The van der Waals surface area contributed by atoms with E-state index in [0.717, 1.165) is 44.5 Å². The summed E-state index contributed by atoms with van der Waals surface area (Å²) in [6.45, 7) is 6.89. The van der Waals surface area contributed by atoms with Gasteiger partial charge < -0.3 is 15.0 Å². The highest BCUT2D eigenvalue weighted by Crippen LogP contribution is 2.39. The molecule has 6 nitrogen and oxygen atoms in total. The molecule has 0 spiro atoms. The molecule has 0 aliphatic heterocycles. The van der Waals surface area contributed by atoms with Gasteiger partial charge in [-0.25, -0.2) is 4.79 Å². The molecule has 1 amide bonds. The van der Waals surface area contributed by atoms with Crippen LogP contribution in [0.3, 0.4) is 0 Å². The molecule has 1 saturated carbocycles. The Morgan fingerprint density at radius 1 is 1.00 bits per heavy atom. The number of aromatic carboxylic acids is 1. The Morgan fingerprint density at radius 2 is 1.76 bits per heavy atom. The molecule has 2 N–H and O–H groups in total. The van der Waals surface area contributed by atoms with Crippen LogP contribution in [0.1, 0.15) is 80.5 Å². The number of nitrogens with one attached hydrogen (secondary N) is 1. The number of nitrogens with zero attached hydrogens (tertiary/aromatic N) is 2. The van der Waals surface area contributed by atoms with E-state index in [9.17, 15) is 14.7 Å². The van der Waals surface area contributed by atoms with Gasteiger partial charge in [-0.2, -0.15) is 0 Å². The molecule has 206 valence electrons. The molecule has 1 aliphatic rings. The van der Waals surface area contributed by atoms with E-state index in [2.05, 4.69) is 34.8 Å². The highest BCUT2D eigenvalue weighted by Gasteiger charge is 2.25. The standard InChI is InChI=1S/C35H33N3O3/c1-21-23(3)38(20-24-8-10-25(11-9-24)29-6-4-5-7-30(29)35(40)41)33-15-14-28(18-31(21)33)34(39)37-22(2)27-16-17-36-32(19-27)26-12-13-26/h4-11,14-19,22,26H,12-13,20H2,1-3H3,(H,37,39)(H,40,41)/t22-/m0/s1. The lowest BCUT2D eigenvalue weighted by molar-refractivity contribution is 0.0697. The number of carboxylic acid groups (broad SMARTS) is 1. The van der Waals surface area contributed by atoms with Crippen molar-refractivity contribution in [1.82, 2.24) is 14.9 Å². The minimum Gasteiger partial charge on any atom is -0.478 e. The first-order valence-electron chi connectivity index (χ1n) is 14.1. The summed E-state index contributed by atoms with van der Waals surface area (Å²) in [5.41, 5.74) is 9.20. The molecule has 6 rings (SSSR count). The smallest absolute Gasteiger partial charge is 0.336 e. The van der Waals surface area contributed by atoms with E-state index in [-0.39, 0.29) is 11.9 Å². The monoisotopic (exact) mass is 543 g/mol. The first kappa shape index (κ1) is 26.5. The Morgan fingerprint density at radius 3 is 2.49 bits per heavy atom. The van der Waals surface area contributed by atoms with Crippen LogP contribution in [0.4, 0.5) is 0 Å². The number of pyridine rings is 1. The molecule has 5 aromatic rings. The Balaban J connectivity index is 1.22. The maximum atomic E-state index is 13.2. The van der Waals surface area contributed by atoms with Crippen LogP contribution < -0.4 is 5.32 Å². The summed E-state index contributed by atoms with van der Waals surface area (Å²) in [6, 6.07) is 25.0. The van der Waals surface area contributed by atoms with Crippen molar-refractivity contribution in [3.63, 3.8) is 0 Å². The molecule has 6 heteroatoms. The normalized spacial score (nSPS) is 13.7. The maximum Gasteiger partial charge on any atom is 0.336 e. The van der Waals surface area contributed by atoms with Crippen LogP contribution in [0.5, 0.6) is 0 Å². The van der Waals surface area contributed by atoms with E-state index >= 15 is 0 Å². The summed E-state index contributed by atoms with van der Waals surface area (Å²) in [5.74, 6) is -0.453. The molecular weight excluding hydrogens is 510 g/mol. The third kappa shape index (κ3) is 5.25. The fourth-order valence-electron chi connectivity index (χ4n) is 5.59. The number of aromatic nitrogens is 2. The molecule has 2 heterocycles. The summed E-state index contributed by atoms with van der Waals surface area (Å²) >= 11 is 0. The van der Waals surface area contributed by atoms with Crippen LogP contribution in [0.2, 0.25) is 0 Å². The van der Waals surface area contributed by atoms with Crippen LogP contribution in [0, 0.1) is 13.8 Å². The summed E-state index contributed by atoms with van der Waals surface area (Å²) in [4.78, 5) is 29.4. The molecule has 1 aliphatic carbocycles. The number of hydrogen-bond acceptors (Lipinski definition) is 3. The molecule has 0 radical (unpaired) electrons. The van der Waals surface area contributed by atoms with E-state index in [4.69, 9.17) is 0 Å². The number of carboxylic acids is 1. The van der Waals surface area contributed by atoms with E-state index in [1.54, 1.807) is 12.1 Å². The molecule has 0 saturated heterocycles. The topological polar surface area (TPSA) is 84.2 Å². The zero-order valence-electron chi connectivity index (χ0n) is 23.5. The van der Waals surface area contributed by atoms with Gasteiger partial charge in [-0.15, -0.1) is 0 Å². The first-order valence-corrected chi connectivity index (χ1v) is 14.1. The van der Waals surface area contributed by atoms with Gasteiger partial charge in [-0.1, -0.05) is 42.5 Å². The van der Waals surface area contributed by atoms with Crippen molar-refractivity contribution >= 4 is 22.8 Å². The first-order chi connectivity index (χ1) is 19.8. The van der Waals surface area contributed by atoms with Gasteiger partial charge in [0.1, 0.15) is 0 Å². The average Bonchev–Trinajstić information content (AvgIpc) is 3.82. The van der Waals surface area contributed by atoms with Crippen LogP contribution in [0.25, 0.3) is 22.0 Å². The second-order valence-electron chi connectivity index (χ2n) is 11.1. The van der Waals surface area contributed by atoms with E-state index < -0.39 is 5.97 Å². The Hall–Kier alpha value is -4.71. The van der Waals surface area contributed by atoms with Gasteiger partial charge in [0, 0.05) is 46.5 Å². The third-order valence-corrected chi connectivity index (χ3v) is 8.31. The van der Waals surface area contributed by atoms with E-state index in [0.29, 0.717) is 29.2 Å². The molecule has 0 bridgehead atoms. The number of carbonyl (C=O) groups excluding carboxylic acids is 1. The highest BCUT2D eigenvalue weighted by molar-refractivity contribution is 5.99. The molecule has 1 atom stereocenters. The van der Waals surface area contributed by atoms with Gasteiger partial charge in [-0.05, 0) is 97.8 Å². The lowest BCUT2D eigenvalue weighted by Gasteiger charge is -2.15. The van der Waals surface area contributed by atoms with E-state index in [1.165, 1.54) is 12.8 Å². The van der Waals surface area contributed by atoms with Crippen molar-refractivity contribution in [2.24, 2.45) is 0 Å². The molecule has 0 unspecified atom stereocenters. The SMILES string of the molecule is Cc1c(C)n(Cc2ccc(-c3ccccc3C(=O)O)cc2)c2ccc(C(=O)N[C@@H](C)c3ccnc(C4CC4)c3)cc12. The minimum atomic E-state index is -0.933. The number of amides is 1. The van der Waals surface area contributed by atoms with Crippen LogP contribution >= 0.6 is 0 Å². The van der Waals surface area contributed by atoms with Crippen molar-refractivity contribution in [2.75, 3.05) is 0 Å². The van der Waals surface area contributed by atoms with Gasteiger partial charge in [0.2, 0.25) is 0 Å². The largest absolute Gasteiger partial charge is 0.478 e. The third-order valence-electron chi connectivity index (χ3n) is 8.31. The van der Waals surface area contributed by atoms with Gasteiger partial charge >= 0.3 is 5.97 Å². The second-order valence-corrected chi connectivity index (χ2v) is 11.1.